The van der Waals surface area contributed by atoms with Gasteiger partial charge in [-0.2, -0.15) is 0 Å². The molecule has 5 heteroatoms. The van der Waals surface area contributed by atoms with Crippen LogP contribution in [-0.2, 0) is 6.42 Å². The van der Waals surface area contributed by atoms with E-state index < -0.39 is 0 Å². The highest BCUT2D eigenvalue weighted by Crippen LogP contribution is 2.31. The Morgan fingerprint density at radius 1 is 1.15 bits per heavy atom. The Balaban J connectivity index is 1.55. The van der Waals surface area contributed by atoms with Crippen LogP contribution in [0, 0.1) is 0 Å². The topological polar surface area (TPSA) is 35.6 Å². The molecule has 144 valence electrons. The standard InChI is InChI=1S/C22H29N3OS/c1-24-11-5-7-17-15-18(9-10-19(17)24)20(25-12-3-2-4-13-25)16-23-22(26)21-8-6-14-27-21/h6,8-10,14-15,20H,2-5,7,11-13,16H2,1H3,(H,23,26)/t20-/m1/s1. The van der Waals surface area contributed by atoms with Crippen molar-refractivity contribution in [2.45, 2.75) is 38.1 Å². The second-order valence-corrected chi connectivity index (χ2v) is 8.66. The van der Waals surface area contributed by atoms with Crippen LogP contribution in [0.3, 0.4) is 0 Å². The number of amides is 1. The van der Waals surface area contributed by atoms with Crippen molar-refractivity contribution in [3.8, 4) is 0 Å². The molecule has 0 radical (unpaired) electrons. The number of hydrogen-bond acceptors (Lipinski definition) is 4. The first-order valence-electron chi connectivity index (χ1n) is 10.1. The van der Waals surface area contributed by atoms with E-state index in [1.54, 1.807) is 0 Å². The Morgan fingerprint density at radius 2 is 2.00 bits per heavy atom. The maximum absolute atomic E-state index is 12.5. The van der Waals surface area contributed by atoms with Crippen LogP contribution in [-0.4, -0.2) is 44.0 Å². The lowest BCUT2D eigenvalue weighted by molar-refractivity contribution is 0.0928. The number of fused-ring (bicyclic) bond motifs is 1. The Kier molecular flexibility index (Phi) is 5.79. The predicted octanol–water partition coefficient (Wildman–Crippen LogP) is 4.09. The molecule has 2 aromatic rings. The number of carbonyl (C=O) groups excluding carboxylic acids is 1. The molecule has 0 aliphatic carbocycles. The van der Waals surface area contributed by atoms with Crippen LogP contribution in [0.4, 0.5) is 5.69 Å². The molecule has 0 bridgehead atoms. The molecule has 4 rings (SSSR count). The van der Waals surface area contributed by atoms with Gasteiger partial charge in [-0.05, 0) is 67.4 Å². The molecule has 0 unspecified atom stereocenters. The van der Waals surface area contributed by atoms with Crippen LogP contribution >= 0.6 is 11.3 Å². The van der Waals surface area contributed by atoms with Gasteiger partial charge in [0.1, 0.15) is 0 Å². The van der Waals surface area contributed by atoms with Crippen molar-refractivity contribution in [3.05, 3.63) is 51.7 Å². The molecule has 1 amide bonds. The summed E-state index contributed by atoms with van der Waals surface area (Å²) in [5, 5.41) is 5.14. The number of aryl methyl sites for hydroxylation is 1. The number of rotatable bonds is 5. The van der Waals surface area contributed by atoms with E-state index in [9.17, 15) is 4.79 Å². The number of hydrogen-bond donors (Lipinski definition) is 1. The van der Waals surface area contributed by atoms with Gasteiger partial charge in [0.15, 0.2) is 0 Å². The van der Waals surface area contributed by atoms with Crippen LogP contribution in [0.25, 0.3) is 0 Å². The summed E-state index contributed by atoms with van der Waals surface area (Å²) in [7, 11) is 2.18. The van der Waals surface area contributed by atoms with Gasteiger partial charge >= 0.3 is 0 Å². The third-order valence-corrected chi connectivity index (χ3v) is 6.74. The van der Waals surface area contributed by atoms with E-state index in [0.29, 0.717) is 6.54 Å². The largest absolute Gasteiger partial charge is 0.374 e. The average Bonchev–Trinajstić information content (AvgIpc) is 3.24. The summed E-state index contributed by atoms with van der Waals surface area (Å²) in [4.78, 5) is 18.2. The molecule has 1 aromatic heterocycles. The van der Waals surface area contributed by atoms with Crippen LogP contribution in [0.2, 0.25) is 0 Å². The number of nitrogens with one attached hydrogen (secondary N) is 1. The van der Waals surface area contributed by atoms with Gasteiger partial charge in [0, 0.05) is 25.8 Å². The third kappa shape index (κ3) is 4.19. The third-order valence-electron chi connectivity index (χ3n) is 5.87. The van der Waals surface area contributed by atoms with E-state index in [2.05, 4.69) is 40.4 Å². The summed E-state index contributed by atoms with van der Waals surface area (Å²) < 4.78 is 0. The molecular formula is C22H29N3OS. The van der Waals surface area contributed by atoms with Crippen molar-refractivity contribution in [2.75, 3.05) is 38.1 Å². The van der Waals surface area contributed by atoms with E-state index in [1.807, 2.05) is 17.5 Å². The van der Waals surface area contributed by atoms with Gasteiger partial charge in [-0.25, -0.2) is 0 Å². The van der Waals surface area contributed by atoms with E-state index in [4.69, 9.17) is 0 Å². The van der Waals surface area contributed by atoms with Gasteiger partial charge < -0.3 is 10.2 Å². The summed E-state index contributed by atoms with van der Waals surface area (Å²) in [6, 6.07) is 11.0. The first-order valence-corrected chi connectivity index (χ1v) is 11.0. The van der Waals surface area contributed by atoms with E-state index >= 15 is 0 Å². The number of nitrogens with zero attached hydrogens (tertiary/aromatic N) is 2. The van der Waals surface area contributed by atoms with Crippen molar-refractivity contribution in [1.82, 2.24) is 10.2 Å². The second kappa shape index (κ2) is 8.44. The Hall–Kier alpha value is -1.85. The minimum atomic E-state index is 0.0460. The first-order chi connectivity index (χ1) is 13.2. The lowest BCUT2D eigenvalue weighted by Gasteiger charge is -2.36. The fourth-order valence-corrected chi connectivity index (χ4v) is 5.02. The fraction of sp³-hybridized carbons (Fsp3) is 0.500. The van der Waals surface area contributed by atoms with Crippen LogP contribution in [0.1, 0.15) is 52.5 Å². The molecule has 1 saturated heterocycles. The highest BCUT2D eigenvalue weighted by Gasteiger charge is 2.25. The van der Waals surface area contributed by atoms with Crippen molar-refractivity contribution in [1.29, 1.82) is 0 Å². The minimum Gasteiger partial charge on any atom is -0.374 e. The molecule has 0 saturated carbocycles. The Labute approximate surface area is 166 Å². The molecule has 1 N–H and O–H groups in total. The number of likely N-dealkylation sites (tertiary alicyclic amines) is 1. The molecule has 2 aliphatic rings. The van der Waals surface area contributed by atoms with Gasteiger partial charge in [0.05, 0.1) is 10.9 Å². The Morgan fingerprint density at radius 3 is 2.78 bits per heavy atom. The SMILES string of the molecule is CN1CCCc2cc([C@@H](CNC(=O)c3cccs3)N3CCCCC3)ccc21. The molecule has 2 aliphatic heterocycles. The number of thiophene rings is 1. The molecule has 27 heavy (non-hydrogen) atoms. The smallest absolute Gasteiger partial charge is 0.261 e. The molecule has 1 fully saturated rings. The molecule has 3 heterocycles. The molecule has 1 atom stereocenters. The van der Waals surface area contributed by atoms with Crippen molar-refractivity contribution >= 4 is 22.9 Å². The van der Waals surface area contributed by atoms with Gasteiger partial charge in [-0.15, -0.1) is 11.3 Å². The summed E-state index contributed by atoms with van der Waals surface area (Å²) in [5.74, 6) is 0.0460. The zero-order valence-electron chi connectivity index (χ0n) is 16.1. The normalized spacial score (nSPS) is 18.8. The summed E-state index contributed by atoms with van der Waals surface area (Å²) in [5.41, 5.74) is 4.16. The van der Waals surface area contributed by atoms with E-state index in [0.717, 1.165) is 30.9 Å². The van der Waals surface area contributed by atoms with E-state index in [-0.39, 0.29) is 11.9 Å². The second-order valence-electron chi connectivity index (χ2n) is 7.71. The molecule has 4 nitrogen and oxygen atoms in total. The number of carbonyl (C=O) groups is 1. The highest BCUT2D eigenvalue weighted by atomic mass is 32.1. The van der Waals surface area contributed by atoms with Gasteiger partial charge in [0.25, 0.3) is 5.91 Å². The Bertz CT molecular complexity index is 768. The fourth-order valence-electron chi connectivity index (χ4n) is 4.38. The molecular weight excluding hydrogens is 354 g/mol. The van der Waals surface area contributed by atoms with Crippen molar-refractivity contribution in [3.63, 3.8) is 0 Å². The summed E-state index contributed by atoms with van der Waals surface area (Å²) in [6.07, 6.45) is 6.20. The lowest BCUT2D eigenvalue weighted by Crippen LogP contribution is -2.40. The van der Waals surface area contributed by atoms with Crippen molar-refractivity contribution < 1.29 is 4.79 Å². The van der Waals surface area contributed by atoms with Crippen LogP contribution < -0.4 is 10.2 Å². The molecule has 1 aromatic carbocycles. The average molecular weight is 384 g/mol. The van der Waals surface area contributed by atoms with Gasteiger partial charge in [0.2, 0.25) is 0 Å². The predicted molar refractivity (Wildman–Crippen MR) is 113 cm³/mol. The van der Waals surface area contributed by atoms with Crippen LogP contribution in [0.5, 0.6) is 0 Å². The number of benzene rings is 1. The minimum absolute atomic E-state index is 0.0460. The maximum Gasteiger partial charge on any atom is 0.261 e. The number of piperidine rings is 1. The van der Waals surface area contributed by atoms with Gasteiger partial charge in [-0.1, -0.05) is 24.6 Å². The van der Waals surface area contributed by atoms with E-state index in [1.165, 1.54) is 53.8 Å². The summed E-state index contributed by atoms with van der Waals surface area (Å²) >= 11 is 1.50. The van der Waals surface area contributed by atoms with Crippen molar-refractivity contribution in [2.24, 2.45) is 0 Å². The first kappa shape index (κ1) is 18.5. The highest BCUT2D eigenvalue weighted by molar-refractivity contribution is 7.12. The zero-order valence-corrected chi connectivity index (χ0v) is 16.9. The maximum atomic E-state index is 12.5. The molecule has 0 spiro atoms. The lowest BCUT2D eigenvalue weighted by atomic mass is 9.95. The number of anilines is 1. The summed E-state index contributed by atoms with van der Waals surface area (Å²) in [6.45, 7) is 4.05. The monoisotopic (exact) mass is 383 g/mol. The zero-order chi connectivity index (χ0) is 18.6. The van der Waals surface area contributed by atoms with Gasteiger partial charge in [-0.3, -0.25) is 9.69 Å². The quantitative estimate of drug-likeness (QED) is 0.845. The van der Waals surface area contributed by atoms with Crippen LogP contribution in [0.15, 0.2) is 35.7 Å².